The topological polar surface area (TPSA) is 351 Å². The maximum absolute atomic E-state index is 11.4. The van der Waals surface area contributed by atoms with Gasteiger partial charge in [0.05, 0.1) is 29.5 Å². The Morgan fingerprint density at radius 1 is 0.203 bits per heavy atom. The summed E-state index contributed by atoms with van der Waals surface area (Å²) in [5, 5.41) is 0. The zero-order chi connectivity index (χ0) is 57.7. The van der Waals surface area contributed by atoms with Gasteiger partial charge in [0, 0.05) is 90.0 Å². The molecule has 0 aromatic rings. The molecular weight excluding hydrogens is 996 g/mol. The van der Waals surface area contributed by atoms with Crippen molar-refractivity contribution in [2.75, 3.05) is 99.1 Å². The van der Waals surface area contributed by atoms with Crippen molar-refractivity contribution in [3.63, 3.8) is 0 Å². The highest BCUT2D eigenvalue weighted by Crippen LogP contribution is 2.27. The summed E-state index contributed by atoms with van der Waals surface area (Å²) in [7, 11) is 0. The molecule has 0 atom stereocenters. The summed E-state index contributed by atoms with van der Waals surface area (Å²) < 4.78 is 70.7. The molecule has 27 heteroatoms. The van der Waals surface area contributed by atoms with Gasteiger partial charge in [0.2, 0.25) is 0 Å². The van der Waals surface area contributed by atoms with Gasteiger partial charge in [-0.1, -0.05) is 6.92 Å². The van der Waals surface area contributed by atoms with Crippen molar-refractivity contribution >= 4 is 77.6 Å². The third-order valence-electron chi connectivity index (χ3n) is 9.13. The summed E-state index contributed by atoms with van der Waals surface area (Å²) in [6, 6.07) is 0. The van der Waals surface area contributed by atoms with Gasteiger partial charge in [-0.25, -0.2) is 0 Å². The molecule has 0 heterocycles. The predicted octanol–water partition coefficient (Wildman–Crippen LogP) is 1.65. The lowest BCUT2D eigenvalue weighted by atomic mass is 9.88. The molecule has 0 saturated heterocycles. The summed E-state index contributed by atoms with van der Waals surface area (Å²) in [4.78, 5) is 145. The van der Waals surface area contributed by atoms with Gasteiger partial charge >= 0.3 is 77.6 Å². The summed E-state index contributed by atoms with van der Waals surface area (Å²) in [6.45, 7) is 14.3. The molecule has 0 aliphatic carbocycles. The average Bonchev–Trinajstić information content (AvgIpc) is 3.29. The van der Waals surface area contributed by atoms with Gasteiger partial charge < -0.3 is 66.3 Å². The fourth-order valence-electron chi connectivity index (χ4n) is 4.98. The van der Waals surface area contributed by atoms with E-state index in [2.05, 4.69) is 0 Å². The van der Waals surface area contributed by atoms with E-state index in [0.717, 1.165) is 0 Å². The number of hydrogen-bond acceptors (Lipinski definition) is 27. The fourth-order valence-corrected chi connectivity index (χ4v) is 4.98. The first-order valence-corrected chi connectivity index (χ1v) is 22.5. The molecule has 0 aromatic heterocycles. The van der Waals surface area contributed by atoms with Crippen molar-refractivity contribution in [3.05, 3.63) is 0 Å². The van der Waals surface area contributed by atoms with Crippen molar-refractivity contribution in [2.45, 2.75) is 103 Å². The smallest absolute Gasteiger partial charge is 0.302 e. The van der Waals surface area contributed by atoms with Crippen LogP contribution in [0.4, 0.5) is 0 Å². The van der Waals surface area contributed by atoms with Gasteiger partial charge in [0.1, 0.15) is 91.3 Å². The standard InChI is InChI=1S/C22H34O13.C13H20O8.C12H20O6/c1-15(23)30-9-21(10-31-16(2)24,11-32-17(3)25)7-29-8-22(12-33-18(4)26,13-34-19(5)27)14-35-20(6)28;1-9(14)18-5-13(6-19-10(2)15,7-20-11(3)16)8-21-12(4)17;1-5-12(6-16-9(2)13,7-17-10(3)14)8-18-11(4)15/h7-14H2,1-6H3;5-8H2,1-4H3;5-8H2,1-4H3. The zero-order valence-corrected chi connectivity index (χ0v) is 44.8. The molecule has 0 bridgehead atoms. The Balaban J connectivity index is -0.00000110. The molecule has 0 aliphatic rings. The van der Waals surface area contributed by atoms with Crippen LogP contribution in [0.25, 0.3) is 0 Å². The largest absolute Gasteiger partial charge is 0.465 e. The SMILES string of the molecule is CC(=O)OCC(COC(C)=O)(COC(C)=O)COC(C)=O.CC(=O)OCC(COCC(COC(C)=O)(COC(C)=O)COC(C)=O)(COC(C)=O)COC(C)=O.CCC(COC(C)=O)(COC(C)=O)COC(C)=O. The number of hydrogen-bond donors (Lipinski definition) is 0. The minimum Gasteiger partial charge on any atom is -0.465 e. The van der Waals surface area contributed by atoms with Crippen molar-refractivity contribution in [2.24, 2.45) is 21.7 Å². The summed E-state index contributed by atoms with van der Waals surface area (Å²) in [5.74, 6) is -7.33. The van der Waals surface area contributed by atoms with Crippen LogP contribution in [0.3, 0.4) is 0 Å². The number of carbonyl (C=O) groups is 13. The molecule has 0 unspecified atom stereocenters. The number of ether oxygens (including phenoxy) is 14. The minimum absolute atomic E-state index is 0.0411. The second-order valence-corrected chi connectivity index (χ2v) is 17.0. The summed E-state index contributed by atoms with van der Waals surface area (Å²) in [5.41, 5.74) is -4.42. The molecule has 0 saturated carbocycles. The maximum Gasteiger partial charge on any atom is 0.302 e. The van der Waals surface area contributed by atoms with Crippen LogP contribution in [-0.2, 0) is 129 Å². The van der Waals surface area contributed by atoms with Crippen molar-refractivity contribution in [1.29, 1.82) is 0 Å². The van der Waals surface area contributed by atoms with E-state index < -0.39 is 99.3 Å². The number of esters is 13. The Labute approximate surface area is 429 Å². The lowest BCUT2D eigenvalue weighted by Crippen LogP contribution is -2.47. The number of rotatable bonds is 31. The van der Waals surface area contributed by atoms with Gasteiger partial charge in [0.25, 0.3) is 0 Å². The molecule has 0 aromatic carbocycles. The molecule has 0 aliphatic heterocycles. The highest BCUT2D eigenvalue weighted by atomic mass is 16.6. The van der Waals surface area contributed by atoms with Gasteiger partial charge in [0.15, 0.2) is 0 Å². The molecule has 0 fully saturated rings. The molecule has 0 N–H and O–H groups in total. The molecule has 0 radical (unpaired) electrons. The van der Waals surface area contributed by atoms with E-state index in [1.165, 1.54) is 90.0 Å². The Hall–Kier alpha value is -6.93. The third kappa shape index (κ3) is 39.7. The van der Waals surface area contributed by atoms with Gasteiger partial charge in [-0.05, 0) is 6.42 Å². The second kappa shape index (κ2) is 37.8. The monoisotopic (exact) mass is 1070 g/mol. The molecule has 74 heavy (non-hydrogen) atoms. The molecule has 0 spiro atoms. The normalized spacial score (nSPS) is 10.8. The van der Waals surface area contributed by atoms with Crippen molar-refractivity contribution < 1.29 is 129 Å². The molecule has 0 rings (SSSR count). The van der Waals surface area contributed by atoms with E-state index in [4.69, 9.17) is 66.3 Å². The lowest BCUT2D eigenvalue weighted by Gasteiger charge is -2.35. The van der Waals surface area contributed by atoms with Gasteiger partial charge in [-0.2, -0.15) is 0 Å². The Morgan fingerprint density at radius 2 is 0.311 bits per heavy atom. The highest BCUT2D eigenvalue weighted by molar-refractivity contribution is 5.70. The molecule has 424 valence electrons. The summed E-state index contributed by atoms with van der Waals surface area (Å²) >= 11 is 0. The Bertz CT molecular complexity index is 1590. The second-order valence-electron chi connectivity index (χ2n) is 17.0. The van der Waals surface area contributed by atoms with Crippen LogP contribution in [0.1, 0.15) is 103 Å². The van der Waals surface area contributed by atoms with Crippen LogP contribution in [-0.4, -0.2) is 177 Å². The fraction of sp³-hybridized carbons (Fsp3) is 0.723. The Kier molecular flexibility index (Phi) is 36.4. The highest BCUT2D eigenvalue weighted by Gasteiger charge is 2.41. The first kappa shape index (κ1) is 71.3. The van der Waals surface area contributed by atoms with Gasteiger partial charge in [-0.3, -0.25) is 62.3 Å². The predicted molar refractivity (Wildman–Crippen MR) is 247 cm³/mol. The Morgan fingerprint density at radius 3 is 0.419 bits per heavy atom. The first-order chi connectivity index (χ1) is 34.2. The van der Waals surface area contributed by atoms with Crippen molar-refractivity contribution in [3.8, 4) is 0 Å². The van der Waals surface area contributed by atoms with Crippen LogP contribution in [0.5, 0.6) is 0 Å². The minimum atomic E-state index is -1.29. The lowest BCUT2D eigenvalue weighted by molar-refractivity contribution is -0.174. The van der Waals surface area contributed by atoms with Crippen LogP contribution >= 0.6 is 0 Å². The van der Waals surface area contributed by atoms with Crippen molar-refractivity contribution in [1.82, 2.24) is 0 Å². The van der Waals surface area contributed by atoms with Crippen LogP contribution in [0, 0.1) is 21.7 Å². The van der Waals surface area contributed by atoms with E-state index in [9.17, 15) is 62.3 Å². The van der Waals surface area contributed by atoms with E-state index in [1.54, 1.807) is 0 Å². The van der Waals surface area contributed by atoms with Crippen LogP contribution < -0.4 is 0 Å². The van der Waals surface area contributed by atoms with E-state index in [0.29, 0.717) is 6.42 Å². The first-order valence-electron chi connectivity index (χ1n) is 22.5. The van der Waals surface area contributed by atoms with E-state index in [-0.39, 0.29) is 99.1 Å². The average molecular weight is 1070 g/mol. The maximum atomic E-state index is 11.4. The molecule has 27 nitrogen and oxygen atoms in total. The number of carbonyl (C=O) groups excluding carboxylic acids is 13. The molecule has 0 amide bonds. The quantitative estimate of drug-likeness (QED) is 0.0703. The summed E-state index contributed by atoms with van der Waals surface area (Å²) in [6.07, 6.45) is 0.542. The van der Waals surface area contributed by atoms with Gasteiger partial charge in [-0.15, -0.1) is 0 Å². The zero-order valence-electron chi connectivity index (χ0n) is 44.8. The van der Waals surface area contributed by atoms with E-state index >= 15 is 0 Å². The third-order valence-corrected chi connectivity index (χ3v) is 9.13. The molecular formula is C47H74O27. The van der Waals surface area contributed by atoms with E-state index in [1.807, 2.05) is 6.92 Å². The van der Waals surface area contributed by atoms with Crippen LogP contribution in [0.2, 0.25) is 0 Å². The van der Waals surface area contributed by atoms with Crippen LogP contribution in [0.15, 0.2) is 0 Å².